The number of anilines is 1. The third kappa shape index (κ3) is 4.38. The minimum absolute atomic E-state index is 0.182. The maximum absolute atomic E-state index is 13.2. The van der Waals surface area contributed by atoms with Gasteiger partial charge in [-0.25, -0.2) is 0 Å². The van der Waals surface area contributed by atoms with Crippen molar-refractivity contribution in [3.8, 4) is 6.07 Å². The summed E-state index contributed by atoms with van der Waals surface area (Å²) in [5.41, 5.74) is 1.06. The second-order valence-electron chi connectivity index (χ2n) is 8.44. The molecule has 1 heterocycles. The molecule has 0 aromatic heterocycles. The van der Waals surface area contributed by atoms with Gasteiger partial charge in [-0.15, -0.1) is 0 Å². The van der Waals surface area contributed by atoms with E-state index in [4.69, 9.17) is 29.1 Å². The summed E-state index contributed by atoms with van der Waals surface area (Å²) in [7, 11) is 0. The van der Waals surface area contributed by atoms with Crippen LogP contribution < -0.4 is 5.32 Å². The molecule has 2 atom stereocenters. The van der Waals surface area contributed by atoms with E-state index in [1.807, 2.05) is 0 Å². The summed E-state index contributed by atoms with van der Waals surface area (Å²) in [5.74, 6) is -0.707. The Balaban J connectivity index is 1.53. The molecule has 0 saturated heterocycles. The summed E-state index contributed by atoms with van der Waals surface area (Å²) < 4.78 is 0. The molecule has 0 radical (unpaired) electrons. The van der Waals surface area contributed by atoms with Crippen LogP contribution in [0.2, 0.25) is 0 Å². The number of nitrogens with one attached hydrogen (secondary N) is 1. The second kappa shape index (κ2) is 9.35. The number of hydrogen-bond acceptors (Lipinski definition) is 5. The number of nitriles is 1. The van der Waals surface area contributed by atoms with Gasteiger partial charge in [0, 0.05) is 29.3 Å². The molecule has 1 saturated carbocycles. The van der Waals surface area contributed by atoms with Crippen molar-refractivity contribution in [2.45, 2.75) is 38.5 Å². The van der Waals surface area contributed by atoms with E-state index in [9.17, 15) is 14.4 Å². The first-order chi connectivity index (χ1) is 15.4. The molecule has 1 N–H and O–H groups in total. The van der Waals surface area contributed by atoms with E-state index in [0.717, 1.165) is 25.7 Å². The smallest absolute Gasteiger partial charge is 0.263 e. The number of carbonyl (C=O) groups is 3. The molecular weight excluding hydrogens is 446 g/mol. The van der Waals surface area contributed by atoms with E-state index in [0.29, 0.717) is 35.2 Å². The number of fused-ring (bicyclic) bond motifs is 1. The number of amides is 3. The lowest BCUT2D eigenvalue weighted by Gasteiger charge is -2.30. The van der Waals surface area contributed by atoms with Crippen LogP contribution in [0.4, 0.5) is 5.69 Å². The molecule has 2 aliphatic carbocycles. The highest BCUT2D eigenvalue weighted by atomic mass is 35.5. The molecule has 6 nitrogen and oxygen atoms in total. The molecule has 1 fully saturated rings. The summed E-state index contributed by atoms with van der Waals surface area (Å²) in [6.45, 7) is 0.331. The number of rotatable bonds is 5. The average Bonchev–Trinajstić information content (AvgIpc) is 3.01. The van der Waals surface area contributed by atoms with Gasteiger partial charge in [0.05, 0.1) is 28.5 Å². The van der Waals surface area contributed by atoms with E-state index in [1.165, 1.54) is 11.0 Å². The number of benzene rings is 1. The Kier molecular flexibility index (Phi) is 6.54. The molecule has 3 amide bonds. The van der Waals surface area contributed by atoms with Crippen LogP contribution in [0.5, 0.6) is 0 Å². The van der Waals surface area contributed by atoms with Crippen LogP contribution >= 0.6 is 23.8 Å². The Bertz CT molecular complexity index is 1120. The Morgan fingerprint density at radius 1 is 1.25 bits per heavy atom. The lowest BCUT2D eigenvalue weighted by Crippen LogP contribution is -2.36. The fourth-order valence-corrected chi connectivity index (χ4v) is 5.12. The molecule has 3 aliphatic rings. The van der Waals surface area contributed by atoms with Crippen LogP contribution in [0.25, 0.3) is 0 Å². The average molecular weight is 468 g/mol. The maximum Gasteiger partial charge on any atom is 0.263 e. The van der Waals surface area contributed by atoms with E-state index >= 15 is 0 Å². The van der Waals surface area contributed by atoms with E-state index in [1.54, 1.807) is 24.3 Å². The number of allylic oxidation sites excluding steroid dienone is 3. The summed E-state index contributed by atoms with van der Waals surface area (Å²) in [6.07, 6.45) is 7.92. The summed E-state index contributed by atoms with van der Waals surface area (Å²) in [6, 6.07) is 7.09. The highest BCUT2D eigenvalue weighted by Gasteiger charge is 2.39. The molecule has 8 heteroatoms. The van der Waals surface area contributed by atoms with Crippen LogP contribution in [0.15, 0.2) is 41.0 Å². The standard InChI is InChI=1S/C24H22ClN3O3S/c25-16-7-8-20(32)18(12-16)22(29)27-19-6-2-5-17-21(19)24(31)28(23(17)30)13-15-4-1-3-14(11-15)9-10-26/h2,5-7,12,14-15H,1,3-4,8-9,11,13H2,(H,27,29)/t14-,15-/m1/s1. The second-order valence-corrected chi connectivity index (χ2v) is 9.37. The molecule has 1 aromatic rings. The Morgan fingerprint density at radius 2 is 2.03 bits per heavy atom. The van der Waals surface area contributed by atoms with Gasteiger partial charge in [-0.05, 0) is 49.3 Å². The normalized spacial score (nSPS) is 22.8. The number of hydrogen-bond donors (Lipinski definition) is 1. The van der Waals surface area contributed by atoms with Gasteiger partial charge < -0.3 is 5.32 Å². The topological polar surface area (TPSA) is 90.3 Å². The minimum atomic E-state index is -0.458. The predicted octanol–water partition coefficient (Wildman–Crippen LogP) is 4.76. The minimum Gasteiger partial charge on any atom is -0.321 e. The largest absolute Gasteiger partial charge is 0.321 e. The van der Waals surface area contributed by atoms with Gasteiger partial charge in [0.1, 0.15) is 0 Å². The van der Waals surface area contributed by atoms with Gasteiger partial charge in [-0.1, -0.05) is 42.4 Å². The SMILES string of the molecule is N#CC[C@H]1CCC[C@@H](CN2C(=O)c3cccc(NC(=O)C4=CC(Cl)=CCC4=S)c3C2=O)C1. The zero-order valence-electron chi connectivity index (χ0n) is 17.4. The van der Waals surface area contributed by atoms with Crippen molar-refractivity contribution in [1.29, 1.82) is 5.26 Å². The van der Waals surface area contributed by atoms with Crippen molar-refractivity contribution in [3.05, 3.63) is 52.1 Å². The summed E-state index contributed by atoms with van der Waals surface area (Å²) in [4.78, 5) is 40.8. The van der Waals surface area contributed by atoms with E-state index in [2.05, 4.69) is 11.4 Å². The number of halogens is 1. The van der Waals surface area contributed by atoms with Gasteiger partial charge in [0.15, 0.2) is 0 Å². The van der Waals surface area contributed by atoms with Crippen molar-refractivity contribution in [2.75, 3.05) is 11.9 Å². The van der Waals surface area contributed by atoms with Gasteiger partial charge in [-0.2, -0.15) is 5.26 Å². The lowest BCUT2D eigenvalue weighted by atomic mass is 9.80. The quantitative estimate of drug-likeness (QED) is 0.497. The maximum atomic E-state index is 13.2. The molecule has 0 spiro atoms. The monoisotopic (exact) mass is 467 g/mol. The van der Waals surface area contributed by atoms with Gasteiger partial charge in [0.2, 0.25) is 0 Å². The van der Waals surface area contributed by atoms with Gasteiger partial charge >= 0.3 is 0 Å². The van der Waals surface area contributed by atoms with Crippen LogP contribution in [-0.2, 0) is 4.79 Å². The summed E-state index contributed by atoms with van der Waals surface area (Å²) >= 11 is 11.3. The highest BCUT2D eigenvalue weighted by Crippen LogP contribution is 2.35. The molecule has 0 unspecified atom stereocenters. The highest BCUT2D eigenvalue weighted by molar-refractivity contribution is 7.81. The van der Waals surface area contributed by atoms with Crippen LogP contribution in [0.1, 0.15) is 59.2 Å². The molecular formula is C24H22ClN3O3S. The van der Waals surface area contributed by atoms with E-state index < -0.39 is 11.8 Å². The Hall–Kier alpha value is -2.82. The number of thiocarbonyl (C=S) groups is 1. The van der Waals surface area contributed by atoms with Crippen molar-refractivity contribution in [3.63, 3.8) is 0 Å². The Morgan fingerprint density at radius 3 is 2.81 bits per heavy atom. The molecule has 32 heavy (non-hydrogen) atoms. The number of nitrogens with zero attached hydrogens (tertiary/aromatic N) is 2. The lowest BCUT2D eigenvalue weighted by molar-refractivity contribution is -0.112. The van der Waals surface area contributed by atoms with Crippen molar-refractivity contribution in [2.24, 2.45) is 11.8 Å². The van der Waals surface area contributed by atoms with Gasteiger partial charge in [-0.3, -0.25) is 19.3 Å². The van der Waals surface area contributed by atoms with Crippen molar-refractivity contribution < 1.29 is 14.4 Å². The third-order valence-corrected chi connectivity index (χ3v) is 6.92. The van der Waals surface area contributed by atoms with Crippen LogP contribution in [0.3, 0.4) is 0 Å². The van der Waals surface area contributed by atoms with Gasteiger partial charge in [0.25, 0.3) is 17.7 Å². The van der Waals surface area contributed by atoms with E-state index in [-0.39, 0.29) is 34.2 Å². The van der Waals surface area contributed by atoms with Crippen LogP contribution in [-0.4, -0.2) is 34.0 Å². The first-order valence-electron chi connectivity index (χ1n) is 10.7. The summed E-state index contributed by atoms with van der Waals surface area (Å²) in [5, 5.41) is 12.2. The molecule has 1 aliphatic heterocycles. The third-order valence-electron chi connectivity index (χ3n) is 6.27. The predicted molar refractivity (Wildman–Crippen MR) is 125 cm³/mol. The zero-order valence-corrected chi connectivity index (χ0v) is 19.0. The van der Waals surface area contributed by atoms with Crippen molar-refractivity contribution >= 4 is 52.1 Å². The molecule has 1 aromatic carbocycles. The molecule has 4 rings (SSSR count). The molecule has 0 bridgehead atoms. The Labute approximate surface area is 196 Å². The number of carbonyl (C=O) groups excluding carboxylic acids is 3. The fourth-order valence-electron chi connectivity index (χ4n) is 4.70. The molecule has 164 valence electrons. The van der Waals surface area contributed by atoms with Crippen molar-refractivity contribution in [1.82, 2.24) is 4.90 Å². The first-order valence-corrected chi connectivity index (χ1v) is 11.5. The zero-order chi connectivity index (χ0) is 22.8. The van der Waals surface area contributed by atoms with Crippen LogP contribution in [0, 0.1) is 23.2 Å². The fraction of sp³-hybridized carbons (Fsp3) is 0.375. The first kappa shape index (κ1) is 22.4. The number of imide groups is 1.